The second-order valence-corrected chi connectivity index (χ2v) is 2.10. The number of amides is 1. The Morgan fingerprint density at radius 1 is 1.38 bits per heavy atom. The zero-order chi connectivity index (χ0) is 9.14. The van der Waals surface area contributed by atoms with Crippen LogP contribution in [-0.2, 0) is 0 Å². The van der Waals surface area contributed by atoms with Crippen molar-refractivity contribution in [2.45, 2.75) is 0 Å². The molecule has 0 aliphatic carbocycles. The number of hydrogen-bond donors (Lipinski definition) is 2. The summed E-state index contributed by atoms with van der Waals surface area (Å²) in [6.45, 7) is 0. The maximum Gasteiger partial charge on any atom is 0.268 e. The maximum atomic E-state index is 12.7. The molecule has 0 aromatic heterocycles. The van der Waals surface area contributed by atoms with E-state index in [0.717, 1.165) is 12.1 Å². The number of nitrogens with two attached hydrogens (primary N) is 1. The number of carbonyl (C=O) groups is 1. The van der Waals surface area contributed by atoms with Crippen molar-refractivity contribution in [2.75, 3.05) is 0 Å². The minimum absolute atomic E-state index is 0. The molecule has 0 fully saturated rings. The molecule has 0 aliphatic rings. The summed E-state index contributed by atoms with van der Waals surface area (Å²) in [6.07, 6.45) is 0. The highest BCUT2D eigenvalue weighted by Gasteiger charge is 2.09. The molecule has 0 spiro atoms. The summed E-state index contributed by atoms with van der Waals surface area (Å²) < 4.78 is 25.0. The first-order chi connectivity index (χ1) is 5.65. The van der Waals surface area contributed by atoms with Crippen LogP contribution >= 0.6 is 12.4 Å². The van der Waals surface area contributed by atoms with Gasteiger partial charge in [-0.15, -0.1) is 12.4 Å². The molecule has 13 heavy (non-hydrogen) atoms. The Hall–Kier alpha value is -1.20. The second-order valence-electron chi connectivity index (χ2n) is 2.10. The molecule has 0 bridgehead atoms. The largest absolute Gasteiger partial charge is 0.290 e. The highest BCUT2D eigenvalue weighted by atomic mass is 35.5. The third-order valence-corrected chi connectivity index (χ3v) is 1.31. The summed E-state index contributed by atoms with van der Waals surface area (Å²) in [5, 5.41) is 0. The van der Waals surface area contributed by atoms with Crippen molar-refractivity contribution in [3.8, 4) is 0 Å². The molecule has 6 heteroatoms. The lowest BCUT2D eigenvalue weighted by molar-refractivity contribution is 0.0949. The minimum atomic E-state index is -0.932. The van der Waals surface area contributed by atoms with Crippen molar-refractivity contribution >= 4 is 18.3 Å². The summed E-state index contributed by atoms with van der Waals surface area (Å²) >= 11 is 0. The van der Waals surface area contributed by atoms with Gasteiger partial charge in [-0.2, -0.15) is 0 Å². The van der Waals surface area contributed by atoms with Gasteiger partial charge >= 0.3 is 0 Å². The van der Waals surface area contributed by atoms with Crippen LogP contribution in [0.15, 0.2) is 18.2 Å². The molecule has 0 atom stereocenters. The number of carbonyl (C=O) groups excluding carboxylic acids is 1. The number of hydrogen-bond acceptors (Lipinski definition) is 2. The van der Waals surface area contributed by atoms with Crippen LogP contribution in [0.1, 0.15) is 10.4 Å². The second kappa shape index (κ2) is 4.74. The molecule has 0 radical (unpaired) electrons. The standard InChI is InChI=1S/C7H6F2N2O.ClH/c8-4-1-2-5(6(9)3-4)7(12)11-10;/h1-3H,10H2,(H,11,12);1H. The molecule has 0 heterocycles. The lowest BCUT2D eigenvalue weighted by atomic mass is 10.2. The van der Waals surface area contributed by atoms with Gasteiger partial charge in [-0.05, 0) is 12.1 Å². The molecular formula is C7H7ClF2N2O. The number of nitrogens with one attached hydrogen (secondary N) is 1. The molecule has 3 N–H and O–H groups in total. The zero-order valence-electron chi connectivity index (χ0n) is 6.38. The number of nitrogen functional groups attached to an aromatic ring is 1. The van der Waals surface area contributed by atoms with Gasteiger partial charge in [0.2, 0.25) is 0 Å². The van der Waals surface area contributed by atoms with E-state index in [0.29, 0.717) is 6.07 Å². The molecule has 1 aromatic carbocycles. The fourth-order valence-corrected chi connectivity index (χ4v) is 0.751. The number of rotatable bonds is 1. The zero-order valence-corrected chi connectivity index (χ0v) is 7.20. The quantitative estimate of drug-likeness (QED) is 0.411. The summed E-state index contributed by atoms with van der Waals surface area (Å²) in [5.41, 5.74) is 1.46. The van der Waals surface area contributed by atoms with Gasteiger partial charge in [0, 0.05) is 6.07 Å². The third kappa shape index (κ3) is 2.64. The summed E-state index contributed by atoms with van der Waals surface area (Å²) in [6, 6.07) is 2.62. The molecule has 0 saturated heterocycles. The van der Waals surface area contributed by atoms with Crippen LogP contribution in [-0.4, -0.2) is 5.91 Å². The van der Waals surface area contributed by atoms with E-state index in [1.807, 2.05) is 0 Å². The first-order valence-corrected chi connectivity index (χ1v) is 3.11. The van der Waals surface area contributed by atoms with Crippen LogP contribution in [0.4, 0.5) is 8.78 Å². The monoisotopic (exact) mass is 208 g/mol. The van der Waals surface area contributed by atoms with Crippen molar-refractivity contribution in [3.05, 3.63) is 35.4 Å². The van der Waals surface area contributed by atoms with E-state index in [1.165, 1.54) is 0 Å². The van der Waals surface area contributed by atoms with E-state index < -0.39 is 17.5 Å². The molecule has 1 rings (SSSR count). The predicted octanol–water partition coefficient (Wildman–Crippen LogP) is 0.990. The number of benzene rings is 1. The molecular weight excluding hydrogens is 202 g/mol. The first kappa shape index (κ1) is 11.8. The highest BCUT2D eigenvalue weighted by molar-refractivity contribution is 5.93. The topological polar surface area (TPSA) is 55.1 Å². The average molecular weight is 209 g/mol. The fourth-order valence-electron chi connectivity index (χ4n) is 0.751. The van der Waals surface area contributed by atoms with E-state index in [-0.39, 0.29) is 18.0 Å². The lowest BCUT2D eigenvalue weighted by Crippen LogP contribution is -2.30. The van der Waals surface area contributed by atoms with Crippen LogP contribution < -0.4 is 11.3 Å². The molecule has 1 amide bonds. The van der Waals surface area contributed by atoms with E-state index in [9.17, 15) is 13.6 Å². The third-order valence-electron chi connectivity index (χ3n) is 1.31. The number of hydrazine groups is 1. The maximum absolute atomic E-state index is 12.7. The van der Waals surface area contributed by atoms with E-state index >= 15 is 0 Å². The normalized spacial score (nSPS) is 8.85. The summed E-state index contributed by atoms with van der Waals surface area (Å²) in [5.74, 6) is 2.30. The Balaban J connectivity index is 0.00000144. The minimum Gasteiger partial charge on any atom is -0.290 e. The Morgan fingerprint density at radius 3 is 2.46 bits per heavy atom. The Bertz CT molecular complexity index is 319. The van der Waals surface area contributed by atoms with Gasteiger partial charge < -0.3 is 0 Å². The van der Waals surface area contributed by atoms with Gasteiger partial charge in [0.25, 0.3) is 5.91 Å². The van der Waals surface area contributed by atoms with Crippen LogP contribution in [0.3, 0.4) is 0 Å². The van der Waals surface area contributed by atoms with Gasteiger partial charge in [0.1, 0.15) is 11.6 Å². The van der Waals surface area contributed by atoms with Crippen LogP contribution in [0.25, 0.3) is 0 Å². The van der Waals surface area contributed by atoms with Crippen LogP contribution in [0.5, 0.6) is 0 Å². The molecule has 0 aliphatic heterocycles. The predicted molar refractivity (Wildman–Crippen MR) is 45.3 cm³/mol. The van der Waals surface area contributed by atoms with Gasteiger partial charge in [-0.3, -0.25) is 10.2 Å². The molecule has 3 nitrogen and oxygen atoms in total. The SMILES string of the molecule is Cl.NNC(=O)c1ccc(F)cc1F. The Labute approximate surface area is 79.3 Å². The smallest absolute Gasteiger partial charge is 0.268 e. The molecule has 0 saturated carbocycles. The molecule has 72 valence electrons. The Morgan fingerprint density at radius 2 is 2.00 bits per heavy atom. The van der Waals surface area contributed by atoms with Crippen LogP contribution in [0.2, 0.25) is 0 Å². The van der Waals surface area contributed by atoms with E-state index in [1.54, 1.807) is 5.43 Å². The van der Waals surface area contributed by atoms with Crippen molar-refractivity contribution in [1.29, 1.82) is 0 Å². The average Bonchev–Trinajstić information content (AvgIpc) is 2.03. The van der Waals surface area contributed by atoms with E-state index in [4.69, 9.17) is 5.84 Å². The van der Waals surface area contributed by atoms with Crippen molar-refractivity contribution in [3.63, 3.8) is 0 Å². The van der Waals surface area contributed by atoms with Gasteiger partial charge in [0.05, 0.1) is 5.56 Å². The first-order valence-electron chi connectivity index (χ1n) is 3.11. The fraction of sp³-hybridized carbons (Fsp3) is 0. The van der Waals surface area contributed by atoms with Gasteiger partial charge in [-0.1, -0.05) is 0 Å². The van der Waals surface area contributed by atoms with Crippen molar-refractivity contribution in [2.24, 2.45) is 5.84 Å². The highest BCUT2D eigenvalue weighted by Crippen LogP contribution is 2.08. The van der Waals surface area contributed by atoms with Crippen molar-refractivity contribution < 1.29 is 13.6 Å². The molecule has 0 unspecified atom stereocenters. The summed E-state index contributed by atoms with van der Waals surface area (Å²) in [7, 11) is 0. The summed E-state index contributed by atoms with van der Waals surface area (Å²) in [4.78, 5) is 10.7. The molecule has 1 aromatic rings. The Kier molecular flexibility index (Phi) is 4.30. The number of halogens is 3. The lowest BCUT2D eigenvalue weighted by Gasteiger charge is -1.99. The van der Waals surface area contributed by atoms with E-state index in [2.05, 4.69) is 0 Å². The van der Waals surface area contributed by atoms with Crippen LogP contribution in [0, 0.1) is 11.6 Å². The van der Waals surface area contributed by atoms with Gasteiger partial charge in [0.15, 0.2) is 0 Å². The van der Waals surface area contributed by atoms with Crippen molar-refractivity contribution in [1.82, 2.24) is 5.43 Å². The van der Waals surface area contributed by atoms with Gasteiger partial charge in [-0.25, -0.2) is 14.6 Å².